The Hall–Kier alpha value is -2.40. The number of carbonyl (C=O) groups is 1. The second kappa shape index (κ2) is 9.84. The predicted molar refractivity (Wildman–Crippen MR) is 138 cm³/mol. The number of halogens is 2. The number of hydrogen-bond donors (Lipinski definition) is 1. The monoisotopic (exact) mass is 606 g/mol. The van der Waals surface area contributed by atoms with E-state index in [2.05, 4.69) is 42.2 Å². The lowest BCUT2D eigenvalue weighted by Crippen LogP contribution is -2.19. The Morgan fingerprint density at radius 3 is 2.36 bits per heavy atom. The van der Waals surface area contributed by atoms with Gasteiger partial charge in [-0.1, -0.05) is 39.7 Å². The first-order valence-electron chi connectivity index (χ1n) is 9.55. The van der Waals surface area contributed by atoms with Crippen molar-refractivity contribution in [2.45, 2.75) is 11.8 Å². The van der Waals surface area contributed by atoms with Crippen LogP contribution in [-0.4, -0.2) is 19.5 Å². The zero-order valence-corrected chi connectivity index (χ0v) is 21.9. The van der Waals surface area contributed by atoms with Gasteiger partial charge in [0.1, 0.15) is 4.90 Å². The molecular weight excluding hydrogens is 592 g/mol. The molecule has 1 heterocycles. The quantitative estimate of drug-likeness (QED) is 0.277. The van der Waals surface area contributed by atoms with Crippen molar-refractivity contribution in [3.05, 3.63) is 91.7 Å². The molecule has 0 aromatic heterocycles. The first-order valence-corrected chi connectivity index (χ1v) is 13.4. The molecule has 1 saturated heterocycles. The molecule has 4 rings (SSSR count). The highest BCUT2D eigenvalue weighted by Crippen LogP contribution is 2.32. The molecular formula is C23H16Br2N2O4S2. The first kappa shape index (κ1) is 23.7. The molecule has 0 bridgehead atoms. The third-order valence-corrected chi connectivity index (χ3v) is 7.78. The maximum absolute atomic E-state index is 12.5. The van der Waals surface area contributed by atoms with E-state index in [0.717, 1.165) is 15.7 Å². The minimum atomic E-state index is -3.97. The Morgan fingerprint density at radius 1 is 1.00 bits per heavy atom. The Kier molecular flexibility index (Phi) is 7.08. The fourth-order valence-corrected chi connectivity index (χ4v) is 5.45. The van der Waals surface area contributed by atoms with Crippen molar-refractivity contribution in [1.82, 2.24) is 5.32 Å². The van der Waals surface area contributed by atoms with Crippen LogP contribution in [0.25, 0.3) is 6.08 Å². The van der Waals surface area contributed by atoms with Crippen LogP contribution in [0, 0.1) is 6.92 Å². The summed E-state index contributed by atoms with van der Waals surface area (Å²) in [4.78, 5) is 17.3. The molecule has 0 spiro atoms. The largest absolute Gasteiger partial charge is 0.378 e. The van der Waals surface area contributed by atoms with Crippen molar-refractivity contribution >= 4 is 76.6 Å². The van der Waals surface area contributed by atoms with Gasteiger partial charge in [-0.2, -0.15) is 8.42 Å². The molecule has 0 saturated carbocycles. The van der Waals surface area contributed by atoms with Crippen molar-refractivity contribution in [2.24, 2.45) is 4.99 Å². The molecule has 0 aliphatic carbocycles. The number of rotatable bonds is 5. The molecule has 0 atom stereocenters. The van der Waals surface area contributed by atoms with E-state index in [1.54, 1.807) is 30.3 Å². The lowest BCUT2D eigenvalue weighted by Gasteiger charge is -2.09. The molecule has 6 nitrogen and oxygen atoms in total. The molecule has 33 heavy (non-hydrogen) atoms. The van der Waals surface area contributed by atoms with Gasteiger partial charge in [0.25, 0.3) is 5.91 Å². The zero-order chi connectivity index (χ0) is 23.6. The van der Waals surface area contributed by atoms with Gasteiger partial charge in [0.05, 0.1) is 15.1 Å². The van der Waals surface area contributed by atoms with Crippen LogP contribution in [0.4, 0.5) is 5.69 Å². The lowest BCUT2D eigenvalue weighted by molar-refractivity contribution is -0.115. The van der Waals surface area contributed by atoms with Gasteiger partial charge in [-0.3, -0.25) is 4.79 Å². The van der Waals surface area contributed by atoms with E-state index >= 15 is 0 Å². The number of nitrogens with one attached hydrogen (secondary N) is 1. The van der Waals surface area contributed by atoms with Gasteiger partial charge in [-0.05, 0) is 94.8 Å². The van der Waals surface area contributed by atoms with Crippen LogP contribution < -0.4 is 9.50 Å². The summed E-state index contributed by atoms with van der Waals surface area (Å²) in [6, 6.07) is 18.7. The molecule has 1 aliphatic heterocycles. The summed E-state index contributed by atoms with van der Waals surface area (Å²) < 4.78 is 31.8. The first-order chi connectivity index (χ1) is 15.7. The minimum absolute atomic E-state index is 0.0720. The van der Waals surface area contributed by atoms with Crippen LogP contribution in [0.5, 0.6) is 5.75 Å². The van der Waals surface area contributed by atoms with E-state index in [1.807, 2.05) is 31.2 Å². The highest BCUT2D eigenvalue weighted by molar-refractivity contribution is 9.10. The Labute approximate surface area is 212 Å². The number of hydrogen-bond acceptors (Lipinski definition) is 6. The molecule has 10 heteroatoms. The van der Waals surface area contributed by atoms with Crippen molar-refractivity contribution in [2.75, 3.05) is 0 Å². The Morgan fingerprint density at radius 2 is 1.70 bits per heavy atom. The van der Waals surface area contributed by atoms with Gasteiger partial charge >= 0.3 is 10.1 Å². The number of aryl methyl sites for hydroxylation is 1. The standard InChI is InChI=1S/C23H16Br2N2O4S2/c1-14-2-9-18(10-3-14)33(29,30)31-20-11-4-15(12-19(20)25)13-21-22(28)27-23(32-21)26-17-7-5-16(24)6-8-17/h2-13H,1H3,(H,26,27,28)/b21-13+. The third kappa shape index (κ3) is 5.94. The van der Waals surface area contributed by atoms with Crippen LogP contribution in [0.2, 0.25) is 0 Å². The number of carbonyl (C=O) groups excluding carboxylic acids is 1. The van der Waals surface area contributed by atoms with Crippen LogP contribution in [0.3, 0.4) is 0 Å². The van der Waals surface area contributed by atoms with Gasteiger partial charge in [0.2, 0.25) is 0 Å². The van der Waals surface area contributed by atoms with Crippen LogP contribution >= 0.6 is 43.6 Å². The summed E-state index contributed by atoms with van der Waals surface area (Å²) in [5.41, 5.74) is 2.37. The van der Waals surface area contributed by atoms with Gasteiger partial charge in [0, 0.05) is 4.47 Å². The maximum atomic E-state index is 12.5. The molecule has 1 amide bonds. The Bertz CT molecular complexity index is 1380. The SMILES string of the molecule is Cc1ccc(S(=O)(=O)Oc2ccc(/C=C3/SC(=Nc4ccc(Br)cc4)NC3=O)cc2Br)cc1. The zero-order valence-electron chi connectivity index (χ0n) is 17.1. The average molecular weight is 608 g/mol. The smallest absolute Gasteiger partial charge is 0.339 e. The minimum Gasteiger partial charge on any atom is -0.378 e. The van der Waals surface area contributed by atoms with Gasteiger partial charge < -0.3 is 9.50 Å². The fourth-order valence-electron chi connectivity index (χ4n) is 2.81. The van der Waals surface area contributed by atoms with E-state index in [1.165, 1.54) is 30.0 Å². The van der Waals surface area contributed by atoms with E-state index in [0.29, 0.717) is 20.1 Å². The topological polar surface area (TPSA) is 84.8 Å². The van der Waals surface area contributed by atoms with E-state index in [9.17, 15) is 13.2 Å². The molecule has 1 aliphatic rings. The van der Waals surface area contributed by atoms with E-state index < -0.39 is 10.1 Å². The highest BCUT2D eigenvalue weighted by atomic mass is 79.9. The van der Waals surface area contributed by atoms with Crippen LogP contribution in [0.15, 0.2) is 90.5 Å². The van der Waals surface area contributed by atoms with Gasteiger partial charge in [0.15, 0.2) is 10.9 Å². The predicted octanol–water partition coefficient (Wildman–Crippen LogP) is 6.18. The van der Waals surface area contributed by atoms with Gasteiger partial charge in [-0.25, -0.2) is 4.99 Å². The second-order valence-electron chi connectivity index (χ2n) is 7.00. The van der Waals surface area contributed by atoms with Gasteiger partial charge in [-0.15, -0.1) is 0 Å². The summed E-state index contributed by atoms with van der Waals surface area (Å²) in [6.45, 7) is 1.87. The number of amides is 1. The molecule has 1 fully saturated rings. The number of benzene rings is 3. The van der Waals surface area contributed by atoms with Crippen LogP contribution in [0.1, 0.15) is 11.1 Å². The molecule has 3 aromatic carbocycles. The van der Waals surface area contributed by atoms with Crippen molar-refractivity contribution in [3.8, 4) is 5.75 Å². The summed E-state index contributed by atoms with van der Waals surface area (Å²) in [5.74, 6) is -0.104. The van der Waals surface area contributed by atoms with E-state index in [-0.39, 0.29) is 16.6 Å². The average Bonchev–Trinajstić information content (AvgIpc) is 3.10. The van der Waals surface area contributed by atoms with Crippen molar-refractivity contribution < 1.29 is 17.4 Å². The molecule has 0 unspecified atom stereocenters. The van der Waals surface area contributed by atoms with E-state index in [4.69, 9.17) is 4.18 Å². The molecule has 168 valence electrons. The van der Waals surface area contributed by atoms with Crippen molar-refractivity contribution in [1.29, 1.82) is 0 Å². The molecule has 0 radical (unpaired) electrons. The highest BCUT2D eigenvalue weighted by Gasteiger charge is 2.24. The third-order valence-electron chi connectivity index (χ3n) is 4.47. The lowest BCUT2D eigenvalue weighted by atomic mass is 10.2. The van der Waals surface area contributed by atoms with Crippen LogP contribution in [-0.2, 0) is 14.9 Å². The summed E-state index contributed by atoms with van der Waals surface area (Å²) in [5, 5.41) is 3.23. The normalized spacial score (nSPS) is 16.3. The summed E-state index contributed by atoms with van der Waals surface area (Å²) in [6.07, 6.45) is 1.70. The number of nitrogens with zero attached hydrogens (tertiary/aromatic N) is 1. The van der Waals surface area contributed by atoms with Crippen molar-refractivity contribution in [3.63, 3.8) is 0 Å². The summed E-state index contributed by atoms with van der Waals surface area (Å²) >= 11 is 7.96. The number of aliphatic imine (C=N–C) groups is 1. The number of amidine groups is 1. The second-order valence-corrected chi connectivity index (χ2v) is 11.3. The Balaban J connectivity index is 1.51. The number of thioether (sulfide) groups is 1. The maximum Gasteiger partial charge on any atom is 0.339 e. The molecule has 1 N–H and O–H groups in total. The molecule has 3 aromatic rings. The summed E-state index contributed by atoms with van der Waals surface area (Å²) in [7, 11) is -3.97. The fraction of sp³-hybridized carbons (Fsp3) is 0.0435.